The third-order valence-electron chi connectivity index (χ3n) is 1.29. The van der Waals surface area contributed by atoms with Crippen LogP contribution in [0, 0.1) is 6.07 Å². The van der Waals surface area contributed by atoms with Crippen LogP contribution in [0.2, 0.25) is 0 Å². The Balaban J connectivity index is 3.30. The molecule has 0 N–H and O–H groups in total. The second kappa shape index (κ2) is 3.41. The summed E-state index contributed by atoms with van der Waals surface area (Å²) in [6.07, 6.45) is 0. The van der Waals surface area contributed by atoms with Gasteiger partial charge in [0.2, 0.25) is 0 Å². The number of benzene rings is 1. The van der Waals surface area contributed by atoms with E-state index >= 15 is 0 Å². The van der Waals surface area contributed by atoms with Crippen molar-refractivity contribution in [3.05, 3.63) is 40.7 Å². The first-order chi connectivity index (χ1) is 5.56. The summed E-state index contributed by atoms with van der Waals surface area (Å²) in [5.74, 6) is 0. The summed E-state index contributed by atoms with van der Waals surface area (Å²) in [4.78, 5) is 0.225. The van der Waals surface area contributed by atoms with Gasteiger partial charge in [0.1, 0.15) is 0 Å². The number of rotatable bonds is 2. The van der Waals surface area contributed by atoms with Crippen LogP contribution >= 0.6 is 15.9 Å². The average Bonchev–Trinajstić information content (AvgIpc) is 2.05. The lowest BCUT2D eigenvalue weighted by atomic mass is 10.4. The van der Waals surface area contributed by atoms with E-state index in [4.69, 9.17) is 0 Å². The molecule has 0 aliphatic rings. The molecule has 0 heterocycles. The number of hydrogen-bond donors (Lipinski definition) is 0. The molecule has 0 bridgehead atoms. The van der Waals surface area contributed by atoms with Gasteiger partial charge >= 0.3 is 0 Å². The summed E-state index contributed by atoms with van der Waals surface area (Å²) in [6.45, 7) is 3.22. The predicted molar refractivity (Wildman–Crippen MR) is 50.4 cm³/mol. The van der Waals surface area contributed by atoms with Gasteiger partial charge in [-0.2, -0.15) is 0 Å². The predicted octanol–water partition coefficient (Wildman–Crippen LogP) is 2.17. The lowest BCUT2D eigenvalue weighted by molar-refractivity contribution is 0.604. The van der Waals surface area contributed by atoms with Crippen molar-refractivity contribution in [3.8, 4) is 0 Å². The van der Waals surface area contributed by atoms with Crippen molar-refractivity contribution in [1.82, 2.24) is 0 Å². The number of hydrogen-bond acceptors (Lipinski definition) is 2. The molecule has 1 aromatic carbocycles. The van der Waals surface area contributed by atoms with Crippen molar-refractivity contribution in [2.24, 2.45) is 0 Å². The Bertz CT molecular complexity index is 395. The van der Waals surface area contributed by atoms with E-state index in [-0.39, 0.29) is 4.90 Å². The van der Waals surface area contributed by atoms with E-state index in [2.05, 4.69) is 28.6 Å². The zero-order chi connectivity index (χ0) is 9.19. The second-order valence-electron chi connectivity index (χ2n) is 2.08. The van der Waals surface area contributed by atoms with Gasteiger partial charge in [-0.3, -0.25) is 0 Å². The fourth-order valence-corrected chi connectivity index (χ4v) is 1.95. The SMILES string of the molecule is C=CS(=O)(=O)c1cc[c]c(Br)c1. The largest absolute Gasteiger partial charge is 0.219 e. The van der Waals surface area contributed by atoms with Gasteiger partial charge < -0.3 is 0 Å². The minimum absolute atomic E-state index is 0.225. The summed E-state index contributed by atoms with van der Waals surface area (Å²) in [7, 11) is -3.31. The summed E-state index contributed by atoms with van der Waals surface area (Å²) in [5, 5.41) is 0.925. The number of halogens is 1. The van der Waals surface area contributed by atoms with Gasteiger partial charge in [0, 0.05) is 9.88 Å². The molecule has 0 aliphatic carbocycles. The maximum Gasteiger partial charge on any atom is 0.199 e. The lowest BCUT2D eigenvalue weighted by Gasteiger charge is -1.97. The van der Waals surface area contributed by atoms with Crippen LogP contribution in [0.5, 0.6) is 0 Å². The van der Waals surface area contributed by atoms with E-state index in [0.717, 1.165) is 5.41 Å². The molecule has 0 atom stereocenters. The van der Waals surface area contributed by atoms with Crippen LogP contribution in [-0.4, -0.2) is 8.42 Å². The Morgan fingerprint density at radius 1 is 1.58 bits per heavy atom. The quantitative estimate of drug-likeness (QED) is 0.801. The minimum Gasteiger partial charge on any atom is -0.219 e. The van der Waals surface area contributed by atoms with Crippen LogP contribution in [0.4, 0.5) is 0 Å². The molecule has 2 nitrogen and oxygen atoms in total. The highest BCUT2D eigenvalue weighted by molar-refractivity contribution is 9.10. The second-order valence-corrected chi connectivity index (χ2v) is 4.83. The fraction of sp³-hybridized carbons (Fsp3) is 0. The molecule has 1 radical (unpaired) electrons. The van der Waals surface area contributed by atoms with Gasteiger partial charge in [0.05, 0.1) is 4.90 Å². The molecule has 0 saturated carbocycles. The maximum atomic E-state index is 11.2. The topological polar surface area (TPSA) is 34.1 Å². The van der Waals surface area contributed by atoms with Gasteiger partial charge in [-0.05, 0) is 18.2 Å². The Morgan fingerprint density at radius 2 is 2.25 bits per heavy atom. The minimum atomic E-state index is -3.31. The van der Waals surface area contributed by atoms with E-state index < -0.39 is 9.84 Å². The normalized spacial score (nSPS) is 11.1. The Morgan fingerprint density at radius 3 is 2.75 bits per heavy atom. The van der Waals surface area contributed by atoms with Crippen LogP contribution < -0.4 is 0 Å². The van der Waals surface area contributed by atoms with Crippen molar-refractivity contribution in [2.75, 3.05) is 0 Å². The lowest BCUT2D eigenvalue weighted by Crippen LogP contribution is -1.94. The molecule has 63 valence electrons. The summed E-state index contributed by atoms with van der Waals surface area (Å²) < 4.78 is 23.0. The third-order valence-corrected chi connectivity index (χ3v) is 3.09. The first-order valence-corrected chi connectivity index (χ1v) is 5.45. The van der Waals surface area contributed by atoms with Gasteiger partial charge in [0.15, 0.2) is 9.84 Å². The molecule has 0 saturated heterocycles. The van der Waals surface area contributed by atoms with Crippen molar-refractivity contribution in [3.63, 3.8) is 0 Å². The van der Waals surface area contributed by atoms with Gasteiger partial charge in [-0.1, -0.05) is 28.6 Å². The van der Waals surface area contributed by atoms with Crippen molar-refractivity contribution in [1.29, 1.82) is 0 Å². The Labute approximate surface area is 80.0 Å². The number of sulfone groups is 1. The molecule has 0 spiro atoms. The van der Waals surface area contributed by atoms with Gasteiger partial charge in [-0.25, -0.2) is 8.42 Å². The summed E-state index contributed by atoms with van der Waals surface area (Å²) in [5.41, 5.74) is 0. The molecular weight excluding hydrogens is 240 g/mol. The fourth-order valence-electron chi connectivity index (χ4n) is 0.691. The van der Waals surface area contributed by atoms with Gasteiger partial charge in [-0.15, -0.1) is 0 Å². The van der Waals surface area contributed by atoms with E-state index in [1.54, 1.807) is 6.07 Å². The van der Waals surface area contributed by atoms with Crippen molar-refractivity contribution in [2.45, 2.75) is 4.90 Å². The van der Waals surface area contributed by atoms with Crippen molar-refractivity contribution < 1.29 is 8.42 Å². The molecule has 1 aromatic rings. The van der Waals surface area contributed by atoms with Crippen LogP contribution in [0.1, 0.15) is 0 Å². The molecule has 4 heteroatoms. The first-order valence-electron chi connectivity index (χ1n) is 3.11. The molecule has 1 rings (SSSR count). The molecule has 12 heavy (non-hydrogen) atoms. The van der Waals surface area contributed by atoms with Crippen LogP contribution in [0.25, 0.3) is 0 Å². The maximum absolute atomic E-state index is 11.2. The highest BCUT2D eigenvalue weighted by Crippen LogP contribution is 2.16. The molecule has 0 aliphatic heterocycles. The highest BCUT2D eigenvalue weighted by Gasteiger charge is 2.08. The highest BCUT2D eigenvalue weighted by atomic mass is 79.9. The zero-order valence-electron chi connectivity index (χ0n) is 6.12. The monoisotopic (exact) mass is 245 g/mol. The van der Waals surface area contributed by atoms with Crippen molar-refractivity contribution >= 4 is 25.8 Å². The molecular formula is C8H6BrO2S. The van der Waals surface area contributed by atoms with Gasteiger partial charge in [0.25, 0.3) is 0 Å². The average molecular weight is 246 g/mol. The summed E-state index contributed by atoms with van der Waals surface area (Å²) >= 11 is 3.13. The standard InChI is InChI=1S/C8H6BrO2S/c1-2-12(10,11)8-5-3-4-7(9)6-8/h2-3,5-6H,1H2. The smallest absolute Gasteiger partial charge is 0.199 e. The summed E-state index contributed by atoms with van der Waals surface area (Å²) in [6, 6.07) is 7.29. The molecule has 0 aromatic heterocycles. The van der Waals surface area contributed by atoms with E-state index in [1.807, 2.05) is 0 Å². The zero-order valence-corrected chi connectivity index (χ0v) is 8.52. The van der Waals surface area contributed by atoms with Crippen LogP contribution in [0.15, 0.2) is 39.6 Å². The van der Waals surface area contributed by atoms with E-state index in [1.165, 1.54) is 12.1 Å². The Hall–Kier alpha value is -0.610. The molecule has 0 fully saturated rings. The third kappa shape index (κ3) is 1.95. The first kappa shape index (κ1) is 9.48. The molecule has 0 amide bonds. The van der Waals surface area contributed by atoms with Crippen LogP contribution in [-0.2, 0) is 9.84 Å². The molecule has 0 unspecified atom stereocenters. The van der Waals surface area contributed by atoms with E-state index in [0.29, 0.717) is 4.47 Å². The van der Waals surface area contributed by atoms with Crippen LogP contribution in [0.3, 0.4) is 0 Å². The Kier molecular flexibility index (Phi) is 2.69. The van der Waals surface area contributed by atoms with E-state index in [9.17, 15) is 8.42 Å².